The summed E-state index contributed by atoms with van der Waals surface area (Å²) in [5.41, 5.74) is 2.95. The monoisotopic (exact) mass is 336 g/mol. The Hall–Kier alpha value is -2.07. The number of methoxy groups -OCH3 is 1. The molecule has 1 aromatic heterocycles. The molecule has 4 unspecified atom stereocenters. The van der Waals surface area contributed by atoms with E-state index in [1.165, 1.54) is 18.1 Å². The minimum atomic E-state index is -0.622. The van der Waals surface area contributed by atoms with Crippen LogP contribution in [0.3, 0.4) is 0 Å². The van der Waals surface area contributed by atoms with Gasteiger partial charge in [0.25, 0.3) is 0 Å². The van der Waals surface area contributed by atoms with Crippen molar-refractivity contribution in [3.8, 4) is 0 Å². The zero-order valence-electron chi connectivity index (χ0n) is 14.8. The number of nitrogens with one attached hydrogen (secondary N) is 1. The topological polar surface area (TPSA) is 45.3 Å². The molecule has 25 heavy (non-hydrogen) atoms. The fourth-order valence-corrected chi connectivity index (χ4v) is 5.61. The number of nitrogens with zero attached hydrogens (tertiary/aromatic N) is 1. The van der Waals surface area contributed by atoms with E-state index in [2.05, 4.69) is 53.2 Å². The third kappa shape index (κ3) is 1.78. The van der Waals surface area contributed by atoms with E-state index in [1.807, 2.05) is 0 Å². The molecule has 4 bridgehead atoms. The average molecular weight is 336 g/mol. The Kier molecular flexibility index (Phi) is 3.03. The van der Waals surface area contributed by atoms with Crippen LogP contribution in [0.1, 0.15) is 31.0 Å². The van der Waals surface area contributed by atoms with Crippen LogP contribution < -0.4 is 0 Å². The van der Waals surface area contributed by atoms with Gasteiger partial charge in [0.2, 0.25) is 0 Å². The largest absolute Gasteiger partial charge is 0.468 e. The first-order chi connectivity index (χ1) is 12.1. The Morgan fingerprint density at radius 3 is 3.04 bits per heavy atom. The summed E-state index contributed by atoms with van der Waals surface area (Å²) in [7, 11) is 1.53. The zero-order valence-corrected chi connectivity index (χ0v) is 14.8. The number of benzene rings is 1. The second-order valence-electron chi connectivity index (χ2n) is 7.90. The molecule has 1 fully saturated rings. The Morgan fingerprint density at radius 1 is 1.40 bits per heavy atom. The number of hydrogen-bond donors (Lipinski definition) is 1. The first-order valence-corrected chi connectivity index (χ1v) is 9.25. The Labute approximate surface area is 147 Å². The summed E-state index contributed by atoms with van der Waals surface area (Å²) in [4.78, 5) is 19.4. The smallest absolute Gasteiger partial charge is 0.319 e. The van der Waals surface area contributed by atoms with Gasteiger partial charge in [-0.25, -0.2) is 0 Å². The lowest BCUT2D eigenvalue weighted by molar-refractivity contribution is -0.156. The molecule has 3 aliphatic heterocycles. The molecule has 4 aliphatic rings. The van der Waals surface area contributed by atoms with Crippen LogP contribution in [-0.4, -0.2) is 42.1 Å². The number of carbonyl (C=O) groups is 1. The van der Waals surface area contributed by atoms with E-state index in [1.54, 1.807) is 0 Å². The van der Waals surface area contributed by atoms with Gasteiger partial charge in [-0.1, -0.05) is 37.3 Å². The molecule has 0 spiro atoms. The lowest BCUT2D eigenvalue weighted by Crippen LogP contribution is -2.65. The van der Waals surface area contributed by atoms with E-state index in [4.69, 9.17) is 4.74 Å². The second-order valence-corrected chi connectivity index (χ2v) is 7.90. The minimum absolute atomic E-state index is 0.0574. The van der Waals surface area contributed by atoms with Gasteiger partial charge in [-0.05, 0) is 30.9 Å². The first kappa shape index (κ1) is 15.2. The van der Waals surface area contributed by atoms with Crippen molar-refractivity contribution in [2.45, 2.75) is 37.6 Å². The molecule has 0 amide bonds. The maximum absolute atomic E-state index is 13.2. The van der Waals surface area contributed by atoms with E-state index in [-0.39, 0.29) is 17.4 Å². The number of para-hydroxylation sites is 1. The van der Waals surface area contributed by atoms with Crippen molar-refractivity contribution in [1.82, 2.24) is 9.88 Å². The van der Waals surface area contributed by atoms with Crippen LogP contribution in [-0.2, 0) is 21.4 Å². The predicted molar refractivity (Wildman–Crippen MR) is 97.5 cm³/mol. The maximum atomic E-state index is 13.2. The molecular formula is C21H24N2O2. The van der Waals surface area contributed by atoms with Gasteiger partial charge in [0, 0.05) is 41.1 Å². The molecule has 130 valence electrons. The fourth-order valence-electron chi connectivity index (χ4n) is 5.61. The van der Waals surface area contributed by atoms with Gasteiger partial charge in [0.05, 0.1) is 7.11 Å². The highest BCUT2D eigenvalue weighted by molar-refractivity contribution is 5.92. The molecule has 6 rings (SSSR count). The molecule has 4 heterocycles. The molecule has 1 N–H and O–H groups in total. The summed E-state index contributed by atoms with van der Waals surface area (Å²) in [5.74, 6) is -0.0981. The fraction of sp³-hybridized carbons (Fsp3) is 0.476. The third-order valence-electron chi connectivity index (χ3n) is 6.84. The van der Waals surface area contributed by atoms with E-state index >= 15 is 0 Å². The third-order valence-corrected chi connectivity index (χ3v) is 6.84. The van der Waals surface area contributed by atoms with Crippen LogP contribution in [0, 0.1) is 5.41 Å². The lowest BCUT2D eigenvalue weighted by atomic mass is 9.57. The van der Waals surface area contributed by atoms with Gasteiger partial charge in [-0.15, -0.1) is 0 Å². The molecule has 0 saturated carbocycles. The summed E-state index contributed by atoms with van der Waals surface area (Å²) in [5, 5.41) is 1.25. The normalized spacial score (nSPS) is 35.4. The molecule has 1 aliphatic carbocycles. The van der Waals surface area contributed by atoms with Crippen molar-refractivity contribution in [3.05, 3.63) is 47.7 Å². The molecule has 4 nitrogen and oxygen atoms in total. The zero-order chi connectivity index (χ0) is 17.2. The number of aromatic nitrogens is 1. The Morgan fingerprint density at radius 2 is 2.24 bits per heavy atom. The van der Waals surface area contributed by atoms with Crippen molar-refractivity contribution in [2.24, 2.45) is 5.41 Å². The van der Waals surface area contributed by atoms with Gasteiger partial charge in [-0.2, -0.15) is 0 Å². The van der Waals surface area contributed by atoms with Crippen molar-refractivity contribution in [2.75, 3.05) is 20.2 Å². The molecule has 4 atom stereocenters. The number of rotatable bonds is 2. The summed E-state index contributed by atoms with van der Waals surface area (Å²) in [6, 6.07) is 8.50. The second kappa shape index (κ2) is 4.98. The van der Waals surface area contributed by atoms with Crippen molar-refractivity contribution in [3.63, 3.8) is 0 Å². The molecule has 2 aromatic rings. The molecule has 1 saturated heterocycles. The van der Waals surface area contributed by atoms with Crippen LogP contribution in [0.15, 0.2) is 36.4 Å². The van der Waals surface area contributed by atoms with Gasteiger partial charge in [-0.3, -0.25) is 9.69 Å². The number of aromatic amines is 1. The summed E-state index contributed by atoms with van der Waals surface area (Å²) in [6.45, 7) is 4.27. The number of carbonyl (C=O) groups excluding carboxylic acids is 1. The van der Waals surface area contributed by atoms with Gasteiger partial charge >= 0.3 is 5.97 Å². The van der Waals surface area contributed by atoms with E-state index < -0.39 is 5.41 Å². The van der Waals surface area contributed by atoms with Crippen molar-refractivity contribution < 1.29 is 9.53 Å². The number of H-pyrrole nitrogens is 1. The number of ether oxygens (including phenoxy) is 1. The molecule has 0 radical (unpaired) electrons. The van der Waals surface area contributed by atoms with Crippen LogP contribution in [0.2, 0.25) is 0 Å². The number of hydrogen-bond acceptors (Lipinski definition) is 3. The highest BCUT2D eigenvalue weighted by Gasteiger charge is 2.62. The summed E-state index contributed by atoms with van der Waals surface area (Å²) < 4.78 is 5.40. The lowest BCUT2D eigenvalue weighted by Gasteiger charge is -2.56. The number of piperidine rings is 1. The van der Waals surface area contributed by atoms with E-state index in [9.17, 15) is 4.79 Å². The number of esters is 1. The minimum Gasteiger partial charge on any atom is -0.468 e. The Bertz CT molecular complexity index is 898. The molecular weight excluding hydrogens is 312 g/mol. The van der Waals surface area contributed by atoms with Crippen molar-refractivity contribution in [1.29, 1.82) is 0 Å². The Balaban J connectivity index is 1.83. The average Bonchev–Trinajstić information content (AvgIpc) is 3.00. The van der Waals surface area contributed by atoms with Gasteiger partial charge in [0.15, 0.2) is 0 Å². The highest BCUT2D eigenvalue weighted by atomic mass is 16.5. The van der Waals surface area contributed by atoms with E-state index in [0.717, 1.165) is 43.6 Å². The summed E-state index contributed by atoms with van der Waals surface area (Å²) in [6.07, 6.45) is 7.49. The summed E-state index contributed by atoms with van der Waals surface area (Å²) >= 11 is 0. The highest BCUT2D eigenvalue weighted by Crippen LogP contribution is 2.55. The van der Waals surface area contributed by atoms with Gasteiger partial charge < -0.3 is 9.72 Å². The van der Waals surface area contributed by atoms with Gasteiger partial charge in [0.1, 0.15) is 5.41 Å². The first-order valence-electron chi connectivity index (χ1n) is 9.25. The molecule has 1 aromatic carbocycles. The molecule has 4 heteroatoms. The van der Waals surface area contributed by atoms with Crippen LogP contribution >= 0.6 is 0 Å². The standard InChI is InChI=1S/C21H24N2O2/c1-3-20-10-8-17-21(12-20,19(24)25-2)18-15(9-11-23(17)13-20)14-6-4-5-7-16(14)22-18/h4-8,10,17,22H,3,9,11-13H2,1-2H3. The maximum Gasteiger partial charge on any atom is 0.319 e. The van der Waals surface area contributed by atoms with Crippen LogP contribution in [0.5, 0.6) is 0 Å². The van der Waals surface area contributed by atoms with E-state index in [0.29, 0.717) is 0 Å². The van der Waals surface area contributed by atoms with Crippen LogP contribution in [0.4, 0.5) is 0 Å². The predicted octanol–water partition coefficient (Wildman–Crippen LogP) is 3.18. The quantitative estimate of drug-likeness (QED) is 0.677. The van der Waals surface area contributed by atoms with Crippen LogP contribution in [0.25, 0.3) is 10.9 Å². The SMILES string of the molecule is CCC12C=CC3N(CCc4c([nH]c5ccccc45)C3(C(=O)OC)C1)C2. The van der Waals surface area contributed by atoms with Crippen molar-refractivity contribution >= 4 is 16.9 Å². The number of fused-ring (bicyclic) bond motifs is 3.